The highest BCUT2D eigenvalue weighted by molar-refractivity contribution is 7.86. The molecule has 2 aromatic carbocycles. The second kappa shape index (κ2) is 5.69. The minimum Gasteiger partial charge on any atom is -0.497 e. The van der Waals surface area contributed by atoms with E-state index in [-0.39, 0.29) is 11.8 Å². The average Bonchev–Trinajstić information content (AvgIpc) is 2.87. The molecule has 6 nitrogen and oxygen atoms in total. The highest BCUT2D eigenvalue weighted by Gasteiger charge is 2.16. The average molecular weight is 318 g/mol. The van der Waals surface area contributed by atoms with Crippen molar-refractivity contribution in [1.29, 1.82) is 0 Å². The Hall–Kier alpha value is -2.54. The van der Waals surface area contributed by atoms with Gasteiger partial charge in [0.25, 0.3) is 0 Å². The Morgan fingerprint density at radius 2 is 1.91 bits per heavy atom. The Labute approximate surface area is 127 Å². The smallest absolute Gasteiger partial charge is 0.316 e. The number of aromatic amines is 1. The lowest BCUT2D eigenvalue weighted by atomic mass is 10.2. The number of nitrogens with zero attached hydrogens (tertiary/aromatic N) is 1. The number of fused-ring (bicyclic) bond motifs is 1. The molecule has 22 heavy (non-hydrogen) atoms. The summed E-state index contributed by atoms with van der Waals surface area (Å²) >= 11 is 0. The van der Waals surface area contributed by atoms with Crippen molar-refractivity contribution in [3.05, 3.63) is 54.1 Å². The van der Waals surface area contributed by atoms with E-state index in [1.165, 1.54) is 0 Å². The number of rotatable bonds is 5. The summed E-state index contributed by atoms with van der Waals surface area (Å²) in [6.45, 7) is 0. The van der Waals surface area contributed by atoms with Gasteiger partial charge in [-0.25, -0.2) is 0 Å². The van der Waals surface area contributed by atoms with Crippen molar-refractivity contribution in [2.24, 2.45) is 0 Å². The Morgan fingerprint density at radius 1 is 1.14 bits per heavy atom. The molecule has 0 fully saturated rings. The van der Waals surface area contributed by atoms with Gasteiger partial charge < -0.3 is 13.9 Å². The van der Waals surface area contributed by atoms with E-state index < -0.39 is 10.1 Å². The third-order valence-electron chi connectivity index (χ3n) is 3.06. The molecule has 0 amide bonds. The monoisotopic (exact) mass is 318 g/mol. The van der Waals surface area contributed by atoms with Crippen LogP contribution >= 0.6 is 0 Å². The number of hydrogen-bond donors (Lipinski definition) is 1. The van der Waals surface area contributed by atoms with Crippen LogP contribution in [0, 0.1) is 0 Å². The van der Waals surface area contributed by atoms with Crippen LogP contribution in [0.1, 0.15) is 5.56 Å². The third-order valence-corrected chi connectivity index (χ3v) is 4.16. The van der Waals surface area contributed by atoms with E-state index in [1.54, 1.807) is 49.6 Å². The van der Waals surface area contributed by atoms with Gasteiger partial charge in [-0.2, -0.15) is 13.4 Å². The molecule has 1 heterocycles. The SMILES string of the molecule is COc1ccc2nc(OS(=O)(=O)Cc3ccccc3)[nH]c2c1. The maximum Gasteiger partial charge on any atom is 0.316 e. The summed E-state index contributed by atoms with van der Waals surface area (Å²) in [5, 5.41) is 0. The molecule has 0 spiro atoms. The number of methoxy groups -OCH3 is 1. The molecule has 7 heteroatoms. The fourth-order valence-electron chi connectivity index (χ4n) is 2.06. The van der Waals surface area contributed by atoms with Crippen LogP contribution in [0.5, 0.6) is 11.8 Å². The first-order chi connectivity index (χ1) is 10.6. The maximum absolute atomic E-state index is 12.1. The van der Waals surface area contributed by atoms with Gasteiger partial charge >= 0.3 is 16.1 Å². The summed E-state index contributed by atoms with van der Waals surface area (Å²) in [5.41, 5.74) is 1.90. The van der Waals surface area contributed by atoms with E-state index in [0.29, 0.717) is 22.3 Å². The topological polar surface area (TPSA) is 81.3 Å². The fraction of sp³-hybridized carbons (Fsp3) is 0.133. The van der Waals surface area contributed by atoms with Crippen molar-refractivity contribution in [3.63, 3.8) is 0 Å². The molecule has 1 N–H and O–H groups in total. The second-order valence-corrected chi connectivity index (χ2v) is 6.27. The lowest BCUT2D eigenvalue weighted by Gasteiger charge is -2.03. The van der Waals surface area contributed by atoms with E-state index >= 15 is 0 Å². The number of hydrogen-bond acceptors (Lipinski definition) is 5. The molecule has 3 rings (SSSR count). The molecule has 114 valence electrons. The summed E-state index contributed by atoms with van der Waals surface area (Å²) in [4.78, 5) is 6.92. The van der Waals surface area contributed by atoms with Crippen molar-refractivity contribution < 1.29 is 17.3 Å². The summed E-state index contributed by atoms with van der Waals surface area (Å²) in [6.07, 6.45) is 0. The molecule has 0 bridgehead atoms. The number of benzene rings is 2. The predicted octanol–water partition coefficient (Wildman–Crippen LogP) is 2.48. The van der Waals surface area contributed by atoms with E-state index in [4.69, 9.17) is 8.92 Å². The largest absolute Gasteiger partial charge is 0.497 e. The molecule has 0 aliphatic heterocycles. The third kappa shape index (κ3) is 3.20. The first kappa shape index (κ1) is 14.4. The number of nitrogens with one attached hydrogen (secondary N) is 1. The van der Waals surface area contributed by atoms with Gasteiger partial charge in [-0.05, 0) is 17.7 Å². The van der Waals surface area contributed by atoms with Gasteiger partial charge in [0, 0.05) is 6.07 Å². The molecule has 0 radical (unpaired) electrons. The maximum atomic E-state index is 12.1. The quantitative estimate of drug-likeness (QED) is 0.731. The highest BCUT2D eigenvalue weighted by Crippen LogP contribution is 2.22. The van der Waals surface area contributed by atoms with Gasteiger partial charge in [-0.3, -0.25) is 0 Å². The number of ether oxygens (including phenoxy) is 1. The van der Waals surface area contributed by atoms with Crippen LogP contribution < -0.4 is 8.92 Å². The van der Waals surface area contributed by atoms with Gasteiger partial charge in [-0.1, -0.05) is 30.3 Å². The Kier molecular flexibility index (Phi) is 3.72. The lowest BCUT2D eigenvalue weighted by Crippen LogP contribution is -2.12. The van der Waals surface area contributed by atoms with Gasteiger partial charge in [0.05, 0.1) is 18.1 Å². The van der Waals surface area contributed by atoms with Crippen LogP contribution in [0.2, 0.25) is 0 Å². The molecular weight excluding hydrogens is 304 g/mol. The van der Waals surface area contributed by atoms with E-state index in [1.807, 2.05) is 6.07 Å². The minimum atomic E-state index is -3.78. The number of imidazole rings is 1. The highest BCUT2D eigenvalue weighted by atomic mass is 32.2. The van der Waals surface area contributed by atoms with Crippen LogP contribution in [0.25, 0.3) is 11.0 Å². The van der Waals surface area contributed by atoms with Crippen molar-refractivity contribution in [2.75, 3.05) is 7.11 Å². The Bertz CT molecular complexity index is 888. The molecule has 1 aromatic heterocycles. The fourth-order valence-corrected chi connectivity index (χ4v) is 3.04. The van der Waals surface area contributed by atoms with Gasteiger partial charge in [0.2, 0.25) is 0 Å². The molecule has 3 aromatic rings. The Balaban J connectivity index is 1.82. The van der Waals surface area contributed by atoms with Crippen molar-refractivity contribution in [2.45, 2.75) is 5.75 Å². The van der Waals surface area contributed by atoms with Crippen LogP contribution in [0.4, 0.5) is 0 Å². The number of aromatic nitrogens is 2. The van der Waals surface area contributed by atoms with E-state index in [2.05, 4.69) is 9.97 Å². The van der Waals surface area contributed by atoms with Gasteiger partial charge in [-0.15, -0.1) is 0 Å². The minimum absolute atomic E-state index is 0.0563. The zero-order valence-corrected chi connectivity index (χ0v) is 12.6. The standard InChI is InChI=1S/C15H14N2O4S/c1-20-12-7-8-13-14(9-12)17-15(16-13)21-22(18,19)10-11-5-3-2-4-6-11/h2-9H,10H2,1H3,(H,16,17). The predicted molar refractivity (Wildman–Crippen MR) is 82.3 cm³/mol. The second-order valence-electron chi connectivity index (χ2n) is 4.70. The molecule has 0 saturated heterocycles. The molecule has 0 unspecified atom stereocenters. The van der Waals surface area contributed by atoms with Crippen LogP contribution in [0.15, 0.2) is 48.5 Å². The molecule has 0 atom stereocenters. The summed E-state index contributed by atoms with van der Waals surface area (Å²) < 4.78 is 34.3. The van der Waals surface area contributed by atoms with Gasteiger partial charge in [0.15, 0.2) is 0 Å². The summed E-state index contributed by atoms with van der Waals surface area (Å²) in [6, 6.07) is 14.0. The van der Waals surface area contributed by atoms with Crippen LogP contribution in [-0.2, 0) is 15.9 Å². The zero-order chi connectivity index (χ0) is 15.6. The molecular formula is C15H14N2O4S. The van der Waals surface area contributed by atoms with Crippen molar-refractivity contribution in [3.8, 4) is 11.8 Å². The van der Waals surface area contributed by atoms with Crippen molar-refractivity contribution in [1.82, 2.24) is 9.97 Å². The van der Waals surface area contributed by atoms with Crippen LogP contribution in [0.3, 0.4) is 0 Å². The molecule has 0 aliphatic rings. The number of H-pyrrole nitrogens is 1. The van der Waals surface area contributed by atoms with Crippen LogP contribution in [-0.4, -0.2) is 25.5 Å². The summed E-state index contributed by atoms with van der Waals surface area (Å²) in [7, 11) is -2.22. The Morgan fingerprint density at radius 3 is 2.64 bits per heavy atom. The zero-order valence-electron chi connectivity index (χ0n) is 11.8. The van der Waals surface area contributed by atoms with Crippen molar-refractivity contribution >= 4 is 21.2 Å². The van der Waals surface area contributed by atoms with E-state index in [9.17, 15) is 8.42 Å². The normalized spacial score (nSPS) is 11.5. The van der Waals surface area contributed by atoms with E-state index in [0.717, 1.165) is 0 Å². The lowest BCUT2D eigenvalue weighted by molar-refractivity contribution is 0.415. The molecule has 0 aliphatic carbocycles. The van der Waals surface area contributed by atoms with Gasteiger partial charge in [0.1, 0.15) is 11.5 Å². The first-order valence-electron chi connectivity index (χ1n) is 6.55. The molecule has 0 saturated carbocycles. The first-order valence-corrected chi connectivity index (χ1v) is 8.13. The summed E-state index contributed by atoms with van der Waals surface area (Å²) in [5.74, 6) is 0.434.